The normalized spacial score (nSPS) is 10.3. The number of amides is 1. The maximum Gasteiger partial charge on any atom is 0.239 e. The number of rotatable bonds is 9. The van der Waals surface area contributed by atoms with Crippen molar-refractivity contribution < 1.29 is 13.9 Å². The molecule has 0 radical (unpaired) electrons. The molecular formula is C23H23FN2O2. The van der Waals surface area contributed by atoms with Crippen LogP contribution in [0.3, 0.4) is 0 Å². The van der Waals surface area contributed by atoms with Gasteiger partial charge in [0.1, 0.15) is 18.2 Å². The van der Waals surface area contributed by atoms with E-state index in [1.807, 2.05) is 54.6 Å². The molecule has 4 nitrogen and oxygen atoms in total. The Morgan fingerprint density at radius 3 is 2.36 bits per heavy atom. The highest BCUT2D eigenvalue weighted by Gasteiger charge is 2.04. The van der Waals surface area contributed by atoms with Gasteiger partial charge in [0, 0.05) is 12.2 Å². The fraction of sp³-hybridized carbons (Fsp3) is 0.174. The van der Waals surface area contributed by atoms with Crippen molar-refractivity contribution in [2.24, 2.45) is 0 Å². The van der Waals surface area contributed by atoms with Crippen LogP contribution in [0.25, 0.3) is 0 Å². The number of hydrogen-bond acceptors (Lipinski definition) is 3. The Labute approximate surface area is 164 Å². The first-order valence-electron chi connectivity index (χ1n) is 9.21. The second-order valence-electron chi connectivity index (χ2n) is 6.34. The van der Waals surface area contributed by atoms with Crippen molar-refractivity contribution in [2.45, 2.75) is 13.0 Å². The smallest absolute Gasteiger partial charge is 0.239 e. The molecule has 0 aliphatic carbocycles. The van der Waals surface area contributed by atoms with E-state index in [1.165, 1.54) is 6.07 Å². The second-order valence-corrected chi connectivity index (χ2v) is 6.34. The number of benzene rings is 3. The van der Waals surface area contributed by atoms with E-state index in [4.69, 9.17) is 4.74 Å². The lowest BCUT2D eigenvalue weighted by Crippen LogP contribution is -2.31. The van der Waals surface area contributed by atoms with Gasteiger partial charge in [-0.15, -0.1) is 0 Å². The van der Waals surface area contributed by atoms with Crippen LogP contribution in [0, 0.1) is 5.82 Å². The molecule has 0 spiro atoms. The molecule has 0 bridgehead atoms. The Morgan fingerprint density at radius 2 is 1.61 bits per heavy atom. The molecule has 5 heteroatoms. The lowest BCUT2D eigenvalue weighted by Gasteiger charge is -2.10. The topological polar surface area (TPSA) is 50.4 Å². The predicted octanol–water partition coefficient (Wildman–Crippen LogP) is 4.18. The lowest BCUT2D eigenvalue weighted by molar-refractivity contribution is -0.119. The van der Waals surface area contributed by atoms with Gasteiger partial charge < -0.3 is 15.4 Å². The summed E-state index contributed by atoms with van der Waals surface area (Å²) in [5.41, 5.74) is 2.54. The molecule has 0 heterocycles. The minimum Gasteiger partial charge on any atom is -0.489 e. The highest BCUT2D eigenvalue weighted by atomic mass is 19.1. The standard InChI is InChI=1S/C23H23FN2O2/c24-22-9-5-4-8-19(22)14-15-25-23(27)16-26-20-10-12-21(13-11-20)28-17-18-6-2-1-3-7-18/h1-13,26H,14-17H2,(H,25,27). The van der Waals surface area contributed by atoms with Gasteiger partial charge in [0.25, 0.3) is 0 Å². The molecular weight excluding hydrogens is 355 g/mol. The monoisotopic (exact) mass is 378 g/mol. The lowest BCUT2D eigenvalue weighted by atomic mass is 10.1. The van der Waals surface area contributed by atoms with Gasteiger partial charge in [0.2, 0.25) is 5.91 Å². The average molecular weight is 378 g/mol. The number of halogens is 1. The Bertz CT molecular complexity index is 883. The Hall–Kier alpha value is -3.34. The fourth-order valence-electron chi connectivity index (χ4n) is 2.69. The first-order valence-corrected chi connectivity index (χ1v) is 9.21. The van der Waals surface area contributed by atoms with Crippen LogP contribution in [0.4, 0.5) is 10.1 Å². The molecule has 0 saturated heterocycles. The van der Waals surface area contributed by atoms with Crippen molar-refractivity contribution in [3.05, 3.63) is 95.8 Å². The van der Waals surface area contributed by atoms with Crippen LogP contribution in [-0.4, -0.2) is 19.0 Å². The number of hydrogen-bond donors (Lipinski definition) is 2. The minimum atomic E-state index is -0.246. The molecule has 1 amide bonds. The summed E-state index contributed by atoms with van der Waals surface area (Å²) < 4.78 is 19.3. The average Bonchev–Trinajstić information content (AvgIpc) is 2.74. The van der Waals surface area contributed by atoms with Crippen molar-refractivity contribution in [2.75, 3.05) is 18.4 Å². The van der Waals surface area contributed by atoms with E-state index in [9.17, 15) is 9.18 Å². The van der Waals surface area contributed by atoms with E-state index in [2.05, 4.69) is 10.6 Å². The van der Waals surface area contributed by atoms with Crippen LogP contribution < -0.4 is 15.4 Å². The number of ether oxygens (including phenoxy) is 1. The molecule has 0 fully saturated rings. The summed E-state index contributed by atoms with van der Waals surface area (Å²) in [6.07, 6.45) is 0.464. The first kappa shape index (κ1) is 19.4. The van der Waals surface area contributed by atoms with E-state index in [0.29, 0.717) is 25.1 Å². The number of carbonyl (C=O) groups excluding carboxylic acids is 1. The number of carbonyl (C=O) groups is 1. The van der Waals surface area contributed by atoms with Crippen molar-refractivity contribution in [3.8, 4) is 5.75 Å². The van der Waals surface area contributed by atoms with Crippen molar-refractivity contribution in [1.29, 1.82) is 0 Å². The van der Waals surface area contributed by atoms with Crippen molar-refractivity contribution in [1.82, 2.24) is 5.32 Å². The summed E-state index contributed by atoms with van der Waals surface area (Å²) in [5, 5.41) is 5.85. The molecule has 0 saturated carbocycles. The van der Waals surface area contributed by atoms with Crippen molar-refractivity contribution >= 4 is 11.6 Å². The fourth-order valence-corrected chi connectivity index (χ4v) is 2.69. The van der Waals surface area contributed by atoms with E-state index < -0.39 is 0 Å². The summed E-state index contributed by atoms with van der Waals surface area (Å²) in [6, 6.07) is 24.0. The minimum absolute atomic E-state index is 0.138. The zero-order valence-electron chi connectivity index (χ0n) is 15.5. The second kappa shape index (κ2) is 10.1. The molecule has 0 atom stereocenters. The quantitative estimate of drug-likeness (QED) is 0.587. The van der Waals surface area contributed by atoms with Crippen molar-refractivity contribution in [3.63, 3.8) is 0 Å². The van der Waals surface area contributed by atoms with Crippen LogP contribution in [0.15, 0.2) is 78.9 Å². The summed E-state index contributed by atoms with van der Waals surface area (Å²) in [5.74, 6) is 0.383. The molecule has 3 aromatic rings. The third kappa shape index (κ3) is 6.13. The van der Waals surface area contributed by atoms with Gasteiger partial charge in [-0.2, -0.15) is 0 Å². The van der Waals surface area contributed by atoms with Gasteiger partial charge in [-0.25, -0.2) is 4.39 Å². The molecule has 144 valence electrons. The van der Waals surface area contributed by atoms with Gasteiger partial charge in [0.05, 0.1) is 6.54 Å². The molecule has 2 N–H and O–H groups in total. The van der Waals surface area contributed by atoms with Gasteiger partial charge in [-0.05, 0) is 47.9 Å². The van der Waals surface area contributed by atoms with Crippen LogP contribution in [-0.2, 0) is 17.8 Å². The molecule has 3 aromatic carbocycles. The third-order valence-corrected chi connectivity index (χ3v) is 4.23. The molecule has 0 aromatic heterocycles. The van der Waals surface area contributed by atoms with E-state index >= 15 is 0 Å². The number of nitrogens with one attached hydrogen (secondary N) is 2. The molecule has 0 aliphatic rings. The van der Waals surface area contributed by atoms with E-state index in [1.54, 1.807) is 18.2 Å². The zero-order valence-corrected chi connectivity index (χ0v) is 15.5. The first-order chi connectivity index (χ1) is 13.7. The summed E-state index contributed by atoms with van der Waals surface area (Å²) in [4.78, 5) is 11.9. The predicted molar refractivity (Wildman–Crippen MR) is 109 cm³/mol. The zero-order chi connectivity index (χ0) is 19.6. The molecule has 3 rings (SSSR count). The van der Waals surface area contributed by atoms with Crippen LogP contribution in [0.2, 0.25) is 0 Å². The van der Waals surface area contributed by atoms with Gasteiger partial charge in [-0.1, -0.05) is 48.5 Å². The maximum absolute atomic E-state index is 13.5. The molecule has 28 heavy (non-hydrogen) atoms. The molecule has 0 unspecified atom stereocenters. The number of anilines is 1. The van der Waals surface area contributed by atoms with Gasteiger partial charge in [-0.3, -0.25) is 4.79 Å². The summed E-state index contributed by atoms with van der Waals surface area (Å²) >= 11 is 0. The summed E-state index contributed by atoms with van der Waals surface area (Å²) in [6.45, 7) is 1.06. The van der Waals surface area contributed by atoms with Crippen LogP contribution >= 0.6 is 0 Å². The SMILES string of the molecule is O=C(CNc1ccc(OCc2ccccc2)cc1)NCCc1ccccc1F. The van der Waals surface area contributed by atoms with Gasteiger partial charge in [0.15, 0.2) is 0 Å². The van der Waals surface area contributed by atoms with Crippen LogP contribution in [0.5, 0.6) is 5.75 Å². The highest BCUT2D eigenvalue weighted by Crippen LogP contribution is 2.17. The Balaban J connectivity index is 1.37. The van der Waals surface area contributed by atoms with E-state index in [0.717, 1.165) is 17.0 Å². The van der Waals surface area contributed by atoms with Gasteiger partial charge >= 0.3 is 0 Å². The van der Waals surface area contributed by atoms with Crippen LogP contribution in [0.1, 0.15) is 11.1 Å². The maximum atomic E-state index is 13.5. The third-order valence-electron chi connectivity index (χ3n) is 4.23. The van der Waals surface area contributed by atoms with E-state index in [-0.39, 0.29) is 18.3 Å². The molecule has 0 aliphatic heterocycles. The Morgan fingerprint density at radius 1 is 0.893 bits per heavy atom. The highest BCUT2D eigenvalue weighted by molar-refractivity contribution is 5.80. The largest absolute Gasteiger partial charge is 0.489 e. The Kier molecular flexibility index (Phi) is 7.01. The summed E-state index contributed by atoms with van der Waals surface area (Å²) in [7, 11) is 0.